The number of benzene rings is 1. The molecule has 0 saturated carbocycles. The van der Waals surface area contributed by atoms with Gasteiger partial charge in [0, 0.05) is 24.8 Å². The van der Waals surface area contributed by atoms with Gasteiger partial charge in [-0.25, -0.2) is 0 Å². The molecule has 0 aromatic heterocycles. The van der Waals surface area contributed by atoms with Crippen LogP contribution in [0.1, 0.15) is 12.8 Å². The minimum atomic E-state index is -0.0219. The van der Waals surface area contributed by atoms with Gasteiger partial charge in [-0.2, -0.15) is 0 Å². The Morgan fingerprint density at radius 3 is 2.52 bits per heavy atom. The van der Waals surface area contributed by atoms with Crippen LogP contribution in [-0.4, -0.2) is 43.5 Å². The van der Waals surface area contributed by atoms with Gasteiger partial charge in [-0.15, -0.1) is 12.4 Å². The van der Waals surface area contributed by atoms with E-state index in [0.717, 1.165) is 25.9 Å². The number of anilines is 1. The Labute approximate surface area is 141 Å². The van der Waals surface area contributed by atoms with Crippen LogP contribution in [0.2, 0.25) is 10.0 Å². The minimum Gasteiger partial charge on any atom is -0.325 e. The molecule has 1 saturated heterocycles. The molecule has 1 heterocycles. The van der Waals surface area contributed by atoms with Crippen LogP contribution in [0.15, 0.2) is 18.2 Å². The van der Waals surface area contributed by atoms with Crippen molar-refractivity contribution in [1.29, 1.82) is 0 Å². The van der Waals surface area contributed by atoms with E-state index in [1.807, 2.05) is 7.05 Å². The van der Waals surface area contributed by atoms with Gasteiger partial charge in [-0.3, -0.25) is 9.69 Å². The van der Waals surface area contributed by atoms with Crippen molar-refractivity contribution in [2.24, 2.45) is 0 Å². The predicted molar refractivity (Wildman–Crippen MR) is 90.9 cm³/mol. The Hall–Kier alpha value is -0.520. The van der Waals surface area contributed by atoms with Crippen molar-refractivity contribution in [2.45, 2.75) is 18.9 Å². The average molecular weight is 353 g/mol. The second-order valence-electron chi connectivity index (χ2n) is 5.02. The normalized spacial score (nSPS) is 16.3. The van der Waals surface area contributed by atoms with E-state index < -0.39 is 0 Å². The van der Waals surface area contributed by atoms with Gasteiger partial charge in [-0.05, 0) is 38.1 Å². The molecular weight excluding hydrogens is 333 g/mol. The van der Waals surface area contributed by atoms with Crippen LogP contribution in [-0.2, 0) is 4.79 Å². The quantitative estimate of drug-likeness (QED) is 0.875. The van der Waals surface area contributed by atoms with E-state index >= 15 is 0 Å². The summed E-state index contributed by atoms with van der Waals surface area (Å²) >= 11 is 11.8. The standard InChI is InChI=1S/C14H19Cl2N3O.ClH/c1-17-10-4-6-19(7-5-10)9-14(20)18-11-2-3-12(15)13(16)8-11;/h2-3,8,10,17H,4-7,9H2,1H3,(H,18,20);1H. The molecular formula is C14H20Cl3N3O. The SMILES string of the molecule is CNC1CCN(CC(=O)Nc2ccc(Cl)c(Cl)c2)CC1.Cl. The van der Waals surface area contributed by atoms with Crippen molar-refractivity contribution >= 4 is 47.2 Å². The number of nitrogens with zero attached hydrogens (tertiary/aromatic N) is 1. The average Bonchev–Trinajstić information content (AvgIpc) is 2.44. The predicted octanol–water partition coefficient (Wildman–Crippen LogP) is 3.04. The molecule has 118 valence electrons. The zero-order valence-corrected chi connectivity index (χ0v) is 14.2. The lowest BCUT2D eigenvalue weighted by Gasteiger charge is -2.31. The summed E-state index contributed by atoms with van der Waals surface area (Å²) in [7, 11) is 1.98. The van der Waals surface area contributed by atoms with Crippen molar-refractivity contribution in [3.8, 4) is 0 Å². The molecule has 21 heavy (non-hydrogen) atoms. The van der Waals surface area contributed by atoms with E-state index in [4.69, 9.17) is 23.2 Å². The maximum absolute atomic E-state index is 12.0. The molecule has 0 radical (unpaired) electrons. The number of amides is 1. The highest BCUT2D eigenvalue weighted by Crippen LogP contribution is 2.25. The monoisotopic (exact) mass is 351 g/mol. The Morgan fingerprint density at radius 1 is 1.29 bits per heavy atom. The second-order valence-corrected chi connectivity index (χ2v) is 5.83. The van der Waals surface area contributed by atoms with Crippen LogP contribution in [0.3, 0.4) is 0 Å². The van der Waals surface area contributed by atoms with Crippen LogP contribution >= 0.6 is 35.6 Å². The molecule has 2 N–H and O–H groups in total. The number of hydrogen-bond donors (Lipinski definition) is 2. The fourth-order valence-corrected chi connectivity index (χ4v) is 2.66. The number of carbonyl (C=O) groups excluding carboxylic acids is 1. The van der Waals surface area contributed by atoms with Gasteiger partial charge >= 0.3 is 0 Å². The first kappa shape index (κ1) is 18.5. The molecule has 0 spiro atoms. The summed E-state index contributed by atoms with van der Waals surface area (Å²) in [4.78, 5) is 14.2. The largest absolute Gasteiger partial charge is 0.325 e. The number of piperidine rings is 1. The third-order valence-electron chi connectivity index (χ3n) is 3.57. The Bertz CT molecular complexity index is 477. The van der Waals surface area contributed by atoms with Gasteiger partial charge in [0.05, 0.1) is 16.6 Å². The molecule has 1 aromatic rings. The van der Waals surface area contributed by atoms with Gasteiger partial charge in [0.25, 0.3) is 0 Å². The van der Waals surface area contributed by atoms with Crippen LogP contribution in [0.4, 0.5) is 5.69 Å². The van der Waals surface area contributed by atoms with E-state index in [0.29, 0.717) is 28.3 Å². The number of hydrogen-bond acceptors (Lipinski definition) is 3. The second kappa shape index (κ2) is 8.81. The highest BCUT2D eigenvalue weighted by molar-refractivity contribution is 6.42. The summed E-state index contributed by atoms with van der Waals surface area (Å²) in [5.41, 5.74) is 0.675. The fourth-order valence-electron chi connectivity index (χ4n) is 2.36. The maximum Gasteiger partial charge on any atom is 0.238 e. The summed E-state index contributed by atoms with van der Waals surface area (Å²) < 4.78 is 0. The van der Waals surface area contributed by atoms with Crippen molar-refractivity contribution < 1.29 is 4.79 Å². The van der Waals surface area contributed by atoms with Gasteiger partial charge in [0.15, 0.2) is 0 Å². The number of rotatable bonds is 4. The Balaban J connectivity index is 0.00000220. The van der Waals surface area contributed by atoms with Gasteiger partial charge in [0.1, 0.15) is 0 Å². The van der Waals surface area contributed by atoms with Crippen molar-refractivity contribution in [2.75, 3.05) is 32.0 Å². The van der Waals surface area contributed by atoms with E-state index in [1.165, 1.54) is 0 Å². The van der Waals surface area contributed by atoms with E-state index in [-0.39, 0.29) is 18.3 Å². The summed E-state index contributed by atoms with van der Waals surface area (Å²) in [6.45, 7) is 2.30. The third kappa shape index (κ3) is 5.64. The smallest absolute Gasteiger partial charge is 0.238 e. The highest BCUT2D eigenvalue weighted by atomic mass is 35.5. The van der Waals surface area contributed by atoms with Gasteiger partial charge < -0.3 is 10.6 Å². The topological polar surface area (TPSA) is 44.4 Å². The number of likely N-dealkylation sites (tertiary alicyclic amines) is 1. The Kier molecular flexibility index (Phi) is 7.77. The van der Waals surface area contributed by atoms with Crippen LogP contribution in [0, 0.1) is 0 Å². The molecule has 0 atom stereocenters. The molecule has 1 fully saturated rings. The highest BCUT2D eigenvalue weighted by Gasteiger charge is 2.19. The molecule has 1 aromatic carbocycles. The lowest BCUT2D eigenvalue weighted by molar-refractivity contribution is -0.117. The maximum atomic E-state index is 12.0. The molecule has 7 heteroatoms. The lowest BCUT2D eigenvalue weighted by Crippen LogP contribution is -2.44. The fraction of sp³-hybridized carbons (Fsp3) is 0.500. The lowest BCUT2D eigenvalue weighted by atomic mass is 10.1. The van der Waals surface area contributed by atoms with Crippen LogP contribution < -0.4 is 10.6 Å². The van der Waals surface area contributed by atoms with E-state index in [2.05, 4.69) is 15.5 Å². The number of nitrogens with one attached hydrogen (secondary N) is 2. The molecule has 0 bridgehead atoms. The number of halogens is 3. The first-order chi connectivity index (χ1) is 9.58. The van der Waals surface area contributed by atoms with E-state index in [1.54, 1.807) is 18.2 Å². The molecule has 1 amide bonds. The summed E-state index contributed by atoms with van der Waals surface area (Å²) in [6, 6.07) is 5.66. The van der Waals surface area contributed by atoms with E-state index in [9.17, 15) is 4.79 Å². The first-order valence-electron chi connectivity index (χ1n) is 6.73. The zero-order valence-electron chi connectivity index (χ0n) is 11.9. The Morgan fingerprint density at radius 2 is 1.95 bits per heavy atom. The third-order valence-corrected chi connectivity index (χ3v) is 4.31. The van der Waals surface area contributed by atoms with Crippen LogP contribution in [0.5, 0.6) is 0 Å². The van der Waals surface area contributed by atoms with Crippen LogP contribution in [0.25, 0.3) is 0 Å². The summed E-state index contributed by atoms with van der Waals surface area (Å²) in [6.07, 6.45) is 2.16. The van der Waals surface area contributed by atoms with Gasteiger partial charge in [0.2, 0.25) is 5.91 Å². The summed E-state index contributed by atoms with van der Waals surface area (Å²) in [5, 5.41) is 7.05. The molecule has 4 nitrogen and oxygen atoms in total. The summed E-state index contributed by atoms with van der Waals surface area (Å²) in [5.74, 6) is -0.0219. The van der Waals surface area contributed by atoms with Gasteiger partial charge in [-0.1, -0.05) is 23.2 Å². The van der Waals surface area contributed by atoms with Crippen molar-refractivity contribution in [3.63, 3.8) is 0 Å². The minimum absolute atomic E-state index is 0. The molecule has 1 aliphatic heterocycles. The zero-order chi connectivity index (χ0) is 14.5. The van der Waals surface area contributed by atoms with Crippen molar-refractivity contribution in [1.82, 2.24) is 10.2 Å². The van der Waals surface area contributed by atoms with Crippen molar-refractivity contribution in [3.05, 3.63) is 28.2 Å². The number of carbonyl (C=O) groups is 1. The molecule has 0 aliphatic carbocycles. The molecule has 2 rings (SSSR count). The first-order valence-corrected chi connectivity index (χ1v) is 7.48. The molecule has 0 unspecified atom stereocenters. The molecule has 1 aliphatic rings.